The third kappa shape index (κ3) is 3.23. The van der Waals surface area contributed by atoms with Crippen LogP contribution in [0.15, 0.2) is 0 Å². The second kappa shape index (κ2) is 5.71. The molecule has 0 aliphatic heterocycles. The second-order valence-electron chi connectivity index (χ2n) is 6.71. The molecule has 2 saturated carbocycles. The molecule has 2 unspecified atom stereocenters. The van der Waals surface area contributed by atoms with Crippen LogP contribution in [0, 0.1) is 11.3 Å². The molecule has 2 aliphatic rings. The van der Waals surface area contributed by atoms with Gasteiger partial charge in [-0.05, 0) is 38.6 Å². The van der Waals surface area contributed by atoms with Gasteiger partial charge in [-0.25, -0.2) is 0 Å². The molecule has 2 aliphatic carbocycles. The Morgan fingerprint density at radius 1 is 1.18 bits per heavy atom. The molecule has 2 nitrogen and oxygen atoms in total. The van der Waals surface area contributed by atoms with E-state index in [2.05, 4.69) is 18.9 Å². The lowest BCUT2D eigenvalue weighted by molar-refractivity contribution is 0.0204. The van der Waals surface area contributed by atoms with Gasteiger partial charge in [0.1, 0.15) is 0 Å². The summed E-state index contributed by atoms with van der Waals surface area (Å²) >= 11 is 0. The highest BCUT2D eigenvalue weighted by Crippen LogP contribution is 2.40. The Kier molecular flexibility index (Phi) is 4.48. The van der Waals surface area contributed by atoms with Crippen molar-refractivity contribution in [3.8, 4) is 0 Å². The van der Waals surface area contributed by atoms with Crippen LogP contribution in [-0.2, 0) is 0 Å². The van der Waals surface area contributed by atoms with Crippen LogP contribution in [0.3, 0.4) is 0 Å². The first-order valence-electron chi connectivity index (χ1n) is 7.46. The standard InChI is InChI=1S/C15H29NO/c1-13-6-5-9-15(10-13,12-17)11-16(2)14-7-3-4-8-14/h13-14,17H,3-12H2,1-2H3. The zero-order valence-corrected chi connectivity index (χ0v) is 11.6. The van der Waals surface area contributed by atoms with E-state index in [9.17, 15) is 5.11 Å². The summed E-state index contributed by atoms with van der Waals surface area (Å²) in [4.78, 5) is 2.54. The molecule has 2 fully saturated rings. The predicted octanol–water partition coefficient (Wildman–Crippen LogP) is 3.05. The first kappa shape index (κ1) is 13.4. The van der Waals surface area contributed by atoms with Crippen molar-refractivity contribution in [2.45, 2.75) is 64.3 Å². The van der Waals surface area contributed by atoms with Crippen LogP contribution in [0.1, 0.15) is 58.3 Å². The summed E-state index contributed by atoms with van der Waals surface area (Å²) in [5, 5.41) is 9.82. The van der Waals surface area contributed by atoms with Gasteiger partial charge >= 0.3 is 0 Å². The molecular formula is C15H29NO. The highest BCUT2D eigenvalue weighted by molar-refractivity contribution is 4.89. The van der Waals surface area contributed by atoms with Crippen LogP contribution >= 0.6 is 0 Å². The van der Waals surface area contributed by atoms with Crippen LogP contribution in [0.2, 0.25) is 0 Å². The van der Waals surface area contributed by atoms with E-state index in [1.807, 2.05) is 0 Å². The molecule has 0 heterocycles. The Morgan fingerprint density at radius 2 is 1.88 bits per heavy atom. The summed E-state index contributed by atoms with van der Waals surface area (Å²) in [7, 11) is 2.27. The molecule has 1 N–H and O–H groups in total. The fourth-order valence-electron chi connectivity index (χ4n) is 4.11. The van der Waals surface area contributed by atoms with Crippen molar-refractivity contribution >= 4 is 0 Å². The molecule has 2 rings (SSSR count). The zero-order valence-electron chi connectivity index (χ0n) is 11.6. The summed E-state index contributed by atoms with van der Waals surface area (Å²) in [6, 6.07) is 0.788. The fourth-order valence-corrected chi connectivity index (χ4v) is 4.11. The minimum absolute atomic E-state index is 0.203. The summed E-state index contributed by atoms with van der Waals surface area (Å²) in [5.74, 6) is 0.799. The fraction of sp³-hybridized carbons (Fsp3) is 1.00. The average molecular weight is 239 g/mol. The van der Waals surface area contributed by atoms with Crippen molar-refractivity contribution < 1.29 is 5.11 Å². The van der Waals surface area contributed by atoms with Crippen molar-refractivity contribution in [2.75, 3.05) is 20.2 Å². The Bertz CT molecular complexity index is 237. The molecule has 0 amide bonds. The monoisotopic (exact) mass is 239 g/mol. The van der Waals surface area contributed by atoms with Gasteiger partial charge < -0.3 is 10.0 Å². The molecule has 0 saturated heterocycles. The molecule has 0 bridgehead atoms. The van der Waals surface area contributed by atoms with E-state index >= 15 is 0 Å². The SMILES string of the molecule is CC1CCCC(CO)(CN(C)C2CCCC2)C1. The summed E-state index contributed by atoms with van der Waals surface area (Å²) in [6.07, 6.45) is 10.6. The Morgan fingerprint density at radius 3 is 2.47 bits per heavy atom. The third-order valence-electron chi connectivity index (χ3n) is 5.05. The molecule has 2 atom stereocenters. The molecule has 0 aromatic rings. The second-order valence-corrected chi connectivity index (χ2v) is 6.71. The van der Waals surface area contributed by atoms with Crippen LogP contribution in [0.4, 0.5) is 0 Å². The van der Waals surface area contributed by atoms with E-state index in [-0.39, 0.29) is 5.41 Å². The van der Waals surface area contributed by atoms with Gasteiger partial charge in [-0.2, -0.15) is 0 Å². The maximum absolute atomic E-state index is 9.82. The molecule has 0 spiro atoms. The smallest absolute Gasteiger partial charge is 0.0499 e. The number of nitrogens with zero attached hydrogens (tertiary/aromatic N) is 1. The largest absolute Gasteiger partial charge is 0.396 e. The van der Waals surface area contributed by atoms with Crippen molar-refractivity contribution in [2.24, 2.45) is 11.3 Å². The van der Waals surface area contributed by atoms with Crippen LogP contribution in [0.5, 0.6) is 0 Å². The van der Waals surface area contributed by atoms with Gasteiger partial charge in [-0.15, -0.1) is 0 Å². The maximum Gasteiger partial charge on any atom is 0.0499 e. The lowest BCUT2D eigenvalue weighted by Crippen LogP contribution is -2.44. The van der Waals surface area contributed by atoms with Gasteiger partial charge in [0.05, 0.1) is 0 Å². The van der Waals surface area contributed by atoms with E-state index in [1.165, 1.54) is 51.4 Å². The van der Waals surface area contributed by atoms with Crippen molar-refractivity contribution in [3.63, 3.8) is 0 Å². The van der Waals surface area contributed by atoms with E-state index in [0.717, 1.165) is 18.5 Å². The lowest BCUT2D eigenvalue weighted by Gasteiger charge is -2.42. The van der Waals surface area contributed by atoms with Crippen molar-refractivity contribution in [1.29, 1.82) is 0 Å². The van der Waals surface area contributed by atoms with Crippen LogP contribution in [-0.4, -0.2) is 36.2 Å². The molecule has 100 valence electrons. The van der Waals surface area contributed by atoms with Gasteiger partial charge in [0.2, 0.25) is 0 Å². The topological polar surface area (TPSA) is 23.5 Å². The highest BCUT2D eigenvalue weighted by Gasteiger charge is 2.36. The summed E-state index contributed by atoms with van der Waals surface area (Å²) < 4.78 is 0. The summed E-state index contributed by atoms with van der Waals surface area (Å²) in [5.41, 5.74) is 0.203. The molecule has 17 heavy (non-hydrogen) atoms. The molecule has 0 aromatic carbocycles. The van der Waals surface area contributed by atoms with Crippen molar-refractivity contribution in [1.82, 2.24) is 4.90 Å². The van der Waals surface area contributed by atoms with E-state index in [4.69, 9.17) is 0 Å². The zero-order chi connectivity index (χ0) is 12.3. The maximum atomic E-state index is 9.82. The van der Waals surface area contributed by atoms with Gasteiger partial charge in [-0.3, -0.25) is 0 Å². The van der Waals surface area contributed by atoms with Gasteiger partial charge in [0.15, 0.2) is 0 Å². The van der Waals surface area contributed by atoms with Gasteiger partial charge in [-0.1, -0.05) is 32.6 Å². The first-order chi connectivity index (χ1) is 8.15. The third-order valence-corrected chi connectivity index (χ3v) is 5.05. The quantitative estimate of drug-likeness (QED) is 0.815. The number of aliphatic hydroxyl groups is 1. The van der Waals surface area contributed by atoms with Crippen LogP contribution in [0.25, 0.3) is 0 Å². The number of rotatable bonds is 4. The Labute approximate surface area is 106 Å². The Hall–Kier alpha value is -0.0800. The molecule has 0 radical (unpaired) electrons. The van der Waals surface area contributed by atoms with Crippen molar-refractivity contribution in [3.05, 3.63) is 0 Å². The van der Waals surface area contributed by atoms with Gasteiger partial charge in [0, 0.05) is 24.6 Å². The molecule has 2 heteroatoms. The first-order valence-corrected chi connectivity index (χ1v) is 7.46. The summed E-state index contributed by atoms with van der Waals surface area (Å²) in [6.45, 7) is 3.84. The number of aliphatic hydroxyl groups excluding tert-OH is 1. The minimum Gasteiger partial charge on any atom is -0.396 e. The van der Waals surface area contributed by atoms with Gasteiger partial charge in [0.25, 0.3) is 0 Å². The van der Waals surface area contributed by atoms with E-state index in [1.54, 1.807) is 0 Å². The van der Waals surface area contributed by atoms with Crippen LogP contribution < -0.4 is 0 Å². The minimum atomic E-state index is 0.203. The van der Waals surface area contributed by atoms with E-state index in [0.29, 0.717) is 6.61 Å². The predicted molar refractivity (Wildman–Crippen MR) is 72.0 cm³/mol. The normalized spacial score (nSPS) is 35.6. The number of hydrogen-bond acceptors (Lipinski definition) is 2. The molecule has 0 aromatic heterocycles. The number of hydrogen-bond donors (Lipinski definition) is 1. The molecular weight excluding hydrogens is 210 g/mol. The van der Waals surface area contributed by atoms with E-state index < -0.39 is 0 Å². The average Bonchev–Trinajstić information content (AvgIpc) is 2.82. The lowest BCUT2D eigenvalue weighted by atomic mass is 9.70. The Balaban J connectivity index is 1.93. The highest BCUT2D eigenvalue weighted by atomic mass is 16.3.